The quantitative estimate of drug-likeness (QED) is 0.856. The minimum absolute atomic E-state index is 0.0699. The molecule has 7 heteroatoms. The van der Waals surface area contributed by atoms with Crippen molar-refractivity contribution in [2.24, 2.45) is 0 Å². The molecule has 0 unspecified atom stereocenters. The number of rotatable bonds is 6. The van der Waals surface area contributed by atoms with Gasteiger partial charge in [-0.1, -0.05) is 6.92 Å². The lowest BCUT2D eigenvalue weighted by Crippen LogP contribution is -2.17. The zero-order valence-electron chi connectivity index (χ0n) is 11.8. The van der Waals surface area contributed by atoms with Gasteiger partial charge in [-0.3, -0.25) is 4.72 Å². The fourth-order valence-corrected chi connectivity index (χ4v) is 3.73. The summed E-state index contributed by atoms with van der Waals surface area (Å²) in [6, 6.07) is 4.40. The average molecular weight is 328 g/mol. The highest BCUT2D eigenvalue weighted by Gasteiger charge is 2.18. The Morgan fingerprint density at radius 2 is 2.10 bits per heavy atom. The summed E-state index contributed by atoms with van der Waals surface area (Å²) < 4.78 is 41.2. The van der Waals surface area contributed by atoms with E-state index in [-0.39, 0.29) is 10.7 Å². The second-order valence-corrected chi connectivity index (χ2v) is 7.07. The van der Waals surface area contributed by atoms with Crippen LogP contribution in [0, 0.1) is 12.7 Å². The number of anilines is 1. The van der Waals surface area contributed by atoms with Crippen LogP contribution in [0.4, 0.5) is 10.1 Å². The van der Waals surface area contributed by atoms with Crippen LogP contribution < -0.4 is 10.0 Å². The molecular weight excluding hydrogens is 311 g/mol. The molecule has 0 aliphatic rings. The van der Waals surface area contributed by atoms with Gasteiger partial charge in [0, 0.05) is 17.5 Å². The number of aryl methyl sites for hydroxylation is 1. The van der Waals surface area contributed by atoms with Crippen molar-refractivity contribution in [3.05, 3.63) is 45.9 Å². The third kappa shape index (κ3) is 3.81. The summed E-state index contributed by atoms with van der Waals surface area (Å²) in [6.07, 6.45) is 0. The number of nitrogens with one attached hydrogen (secondary N) is 2. The van der Waals surface area contributed by atoms with Crippen LogP contribution in [-0.2, 0) is 16.6 Å². The van der Waals surface area contributed by atoms with Crippen molar-refractivity contribution in [3.8, 4) is 0 Å². The minimum Gasteiger partial charge on any atom is -0.313 e. The molecule has 0 radical (unpaired) electrons. The number of halogens is 1. The first-order valence-electron chi connectivity index (χ1n) is 6.49. The van der Waals surface area contributed by atoms with Crippen molar-refractivity contribution in [3.63, 3.8) is 0 Å². The maximum atomic E-state index is 14.0. The van der Waals surface area contributed by atoms with E-state index >= 15 is 0 Å². The van der Waals surface area contributed by atoms with Crippen LogP contribution in [0.1, 0.15) is 18.1 Å². The molecule has 0 spiro atoms. The normalized spacial score (nSPS) is 11.6. The molecule has 0 atom stereocenters. The Morgan fingerprint density at radius 1 is 1.33 bits per heavy atom. The lowest BCUT2D eigenvalue weighted by molar-refractivity contribution is 0.580. The third-order valence-corrected chi connectivity index (χ3v) is 5.00. The van der Waals surface area contributed by atoms with E-state index in [0.717, 1.165) is 0 Å². The molecule has 0 bridgehead atoms. The minimum atomic E-state index is -3.71. The van der Waals surface area contributed by atoms with Gasteiger partial charge in [0.05, 0.1) is 10.6 Å². The number of thiophene rings is 1. The summed E-state index contributed by atoms with van der Waals surface area (Å²) in [5, 5.41) is 6.49. The Labute approximate surface area is 128 Å². The molecule has 0 amide bonds. The highest BCUT2D eigenvalue weighted by Crippen LogP contribution is 2.22. The maximum absolute atomic E-state index is 14.0. The predicted molar refractivity (Wildman–Crippen MR) is 83.6 cm³/mol. The van der Waals surface area contributed by atoms with Crippen LogP contribution in [0.15, 0.2) is 33.9 Å². The summed E-state index contributed by atoms with van der Waals surface area (Å²) in [5.41, 5.74) is 1.17. The van der Waals surface area contributed by atoms with Crippen LogP contribution in [0.2, 0.25) is 0 Å². The molecule has 0 saturated heterocycles. The van der Waals surface area contributed by atoms with Gasteiger partial charge in [-0.2, -0.15) is 11.3 Å². The molecule has 0 aliphatic carbocycles. The van der Waals surface area contributed by atoms with Gasteiger partial charge in [-0.25, -0.2) is 12.8 Å². The first kappa shape index (κ1) is 15.9. The van der Waals surface area contributed by atoms with Crippen LogP contribution in [-0.4, -0.2) is 15.0 Å². The van der Waals surface area contributed by atoms with Crippen molar-refractivity contribution in [2.75, 3.05) is 11.3 Å². The van der Waals surface area contributed by atoms with E-state index in [9.17, 15) is 12.8 Å². The second kappa shape index (κ2) is 6.55. The van der Waals surface area contributed by atoms with Gasteiger partial charge < -0.3 is 5.32 Å². The first-order chi connectivity index (χ1) is 9.94. The lowest BCUT2D eigenvalue weighted by atomic mass is 10.1. The fourth-order valence-electron chi connectivity index (χ4n) is 1.89. The van der Waals surface area contributed by atoms with Crippen molar-refractivity contribution in [2.45, 2.75) is 25.3 Å². The van der Waals surface area contributed by atoms with E-state index < -0.39 is 10.0 Å². The monoisotopic (exact) mass is 328 g/mol. The predicted octanol–water partition coefficient (Wildman–Crippen LogP) is 3.11. The van der Waals surface area contributed by atoms with Gasteiger partial charge in [-0.15, -0.1) is 0 Å². The molecule has 0 saturated carbocycles. The van der Waals surface area contributed by atoms with Crippen LogP contribution in [0.3, 0.4) is 0 Å². The van der Waals surface area contributed by atoms with Crippen molar-refractivity contribution in [1.29, 1.82) is 0 Å². The van der Waals surface area contributed by atoms with E-state index in [1.165, 1.54) is 23.5 Å². The SMILES string of the molecule is CCNCc1cc(S(=O)(=O)Nc2ccsc2)cc(C)c1F. The zero-order chi connectivity index (χ0) is 15.5. The molecule has 1 aromatic heterocycles. The van der Waals surface area contributed by atoms with Crippen LogP contribution >= 0.6 is 11.3 Å². The van der Waals surface area contributed by atoms with E-state index in [1.54, 1.807) is 23.8 Å². The van der Waals surface area contributed by atoms with Gasteiger partial charge in [0.2, 0.25) is 0 Å². The Balaban J connectivity index is 2.36. The molecule has 2 rings (SSSR count). The van der Waals surface area contributed by atoms with Crippen LogP contribution in [0.25, 0.3) is 0 Å². The topological polar surface area (TPSA) is 58.2 Å². The van der Waals surface area contributed by atoms with Crippen molar-refractivity contribution < 1.29 is 12.8 Å². The average Bonchev–Trinajstić information content (AvgIpc) is 2.92. The standard InChI is InChI=1S/C14H17FN2O2S2/c1-3-16-8-11-7-13(6-10(2)14(11)15)21(18,19)17-12-4-5-20-9-12/h4-7,9,16-17H,3,8H2,1-2H3. The molecule has 2 aromatic rings. The summed E-state index contributed by atoms with van der Waals surface area (Å²) in [5.74, 6) is -0.370. The number of benzene rings is 1. The molecule has 0 aliphatic heterocycles. The number of hydrogen-bond donors (Lipinski definition) is 2. The van der Waals surface area contributed by atoms with E-state index in [0.29, 0.717) is 29.9 Å². The van der Waals surface area contributed by atoms with E-state index in [2.05, 4.69) is 10.0 Å². The highest BCUT2D eigenvalue weighted by molar-refractivity contribution is 7.92. The zero-order valence-corrected chi connectivity index (χ0v) is 13.4. The van der Waals surface area contributed by atoms with Crippen molar-refractivity contribution in [1.82, 2.24) is 5.32 Å². The lowest BCUT2D eigenvalue weighted by Gasteiger charge is -2.11. The van der Waals surface area contributed by atoms with Gasteiger partial charge in [0.15, 0.2) is 0 Å². The Bertz CT molecular complexity index is 713. The van der Waals surface area contributed by atoms with Crippen LogP contribution in [0.5, 0.6) is 0 Å². The third-order valence-electron chi connectivity index (χ3n) is 2.95. The number of sulfonamides is 1. The van der Waals surface area contributed by atoms with E-state index in [1.807, 2.05) is 6.92 Å². The number of hydrogen-bond acceptors (Lipinski definition) is 4. The first-order valence-corrected chi connectivity index (χ1v) is 8.91. The molecular formula is C14H17FN2O2S2. The largest absolute Gasteiger partial charge is 0.313 e. The molecule has 0 fully saturated rings. The summed E-state index contributed by atoms with van der Waals surface area (Å²) in [7, 11) is -3.71. The Hall–Kier alpha value is -1.44. The molecule has 114 valence electrons. The summed E-state index contributed by atoms with van der Waals surface area (Å²) in [6.45, 7) is 4.45. The summed E-state index contributed by atoms with van der Waals surface area (Å²) in [4.78, 5) is 0.0699. The van der Waals surface area contributed by atoms with Gasteiger partial charge in [-0.05, 0) is 42.6 Å². The van der Waals surface area contributed by atoms with Gasteiger partial charge >= 0.3 is 0 Å². The van der Waals surface area contributed by atoms with Gasteiger partial charge in [0.25, 0.3) is 10.0 Å². The molecule has 2 N–H and O–H groups in total. The molecule has 4 nitrogen and oxygen atoms in total. The van der Waals surface area contributed by atoms with E-state index in [4.69, 9.17) is 0 Å². The molecule has 1 heterocycles. The smallest absolute Gasteiger partial charge is 0.261 e. The molecule has 21 heavy (non-hydrogen) atoms. The second-order valence-electron chi connectivity index (χ2n) is 4.61. The van der Waals surface area contributed by atoms with Crippen molar-refractivity contribution >= 4 is 27.0 Å². The Kier molecular flexibility index (Phi) is 4.97. The van der Waals surface area contributed by atoms with Gasteiger partial charge in [0.1, 0.15) is 5.82 Å². The maximum Gasteiger partial charge on any atom is 0.261 e. The molecule has 1 aromatic carbocycles. The Morgan fingerprint density at radius 3 is 2.71 bits per heavy atom. The fraction of sp³-hybridized carbons (Fsp3) is 0.286. The highest BCUT2D eigenvalue weighted by atomic mass is 32.2. The summed E-state index contributed by atoms with van der Waals surface area (Å²) >= 11 is 1.40.